The molecule has 0 aliphatic heterocycles. The summed E-state index contributed by atoms with van der Waals surface area (Å²) in [6.07, 6.45) is -0.915. The third-order valence-electron chi connectivity index (χ3n) is 1.87. The zero-order chi connectivity index (χ0) is 10.1. The Bertz CT molecular complexity index is 282. The Morgan fingerprint density at radius 3 is 2.54 bits per heavy atom. The number of carbonyl (C=O) groups excluding carboxylic acids is 1. The second kappa shape index (κ2) is 3.60. The lowest BCUT2D eigenvalue weighted by atomic mass is 9.85. The van der Waals surface area contributed by atoms with Crippen LogP contribution in [0.1, 0.15) is 31.1 Å². The summed E-state index contributed by atoms with van der Waals surface area (Å²) in [4.78, 5) is 11.6. The Kier molecular flexibility index (Phi) is 2.88. The van der Waals surface area contributed by atoms with E-state index in [4.69, 9.17) is 0 Å². The first-order valence-electron chi connectivity index (χ1n) is 4.17. The van der Waals surface area contributed by atoms with E-state index in [0.29, 0.717) is 5.56 Å². The van der Waals surface area contributed by atoms with Gasteiger partial charge < -0.3 is 5.11 Å². The van der Waals surface area contributed by atoms with Crippen molar-refractivity contribution in [3.8, 4) is 0 Å². The van der Waals surface area contributed by atoms with Crippen LogP contribution in [0.5, 0.6) is 0 Å². The molecular formula is C10H14O2S. The highest BCUT2D eigenvalue weighted by molar-refractivity contribution is 7.08. The normalized spacial score (nSPS) is 14.2. The number of carbonyl (C=O) groups is 1. The number of Topliss-reactive ketones (excluding diaryl/α,β-unsaturated/α-hetero) is 1. The maximum atomic E-state index is 11.6. The van der Waals surface area contributed by atoms with Crippen molar-refractivity contribution in [2.24, 2.45) is 5.41 Å². The molecule has 2 nitrogen and oxygen atoms in total. The molecule has 0 saturated carbocycles. The molecule has 72 valence electrons. The molecule has 0 aromatic carbocycles. The fourth-order valence-corrected chi connectivity index (χ4v) is 1.60. The summed E-state index contributed by atoms with van der Waals surface area (Å²) in [6.45, 7) is 5.55. The summed E-state index contributed by atoms with van der Waals surface area (Å²) >= 11 is 1.46. The van der Waals surface area contributed by atoms with Gasteiger partial charge in [0, 0.05) is 10.9 Å². The summed E-state index contributed by atoms with van der Waals surface area (Å²) in [6, 6.07) is 1.74. The van der Waals surface area contributed by atoms with Crippen LogP contribution < -0.4 is 0 Å². The van der Waals surface area contributed by atoms with E-state index < -0.39 is 6.10 Å². The first-order valence-corrected chi connectivity index (χ1v) is 5.11. The number of hydrogen-bond acceptors (Lipinski definition) is 3. The van der Waals surface area contributed by atoms with Crippen molar-refractivity contribution in [3.63, 3.8) is 0 Å². The Balaban J connectivity index is 2.81. The average molecular weight is 198 g/mol. The first kappa shape index (κ1) is 10.4. The van der Waals surface area contributed by atoms with Gasteiger partial charge in [-0.15, -0.1) is 0 Å². The van der Waals surface area contributed by atoms with E-state index in [9.17, 15) is 9.90 Å². The summed E-state index contributed by atoms with van der Waals surface area (Å²) in [5.41, 5.74) is 0.214. The summed E-state index contributed by atoms with van der Waals surface area (Å²) < 4.78 is 0. The fraction of sp³-hybridized carbons (Fsp3) is 0.500. The van der Waals surface area contributed by atoms with Crippen molar-refractivity contribution in [2.45, 2.75) is 26.9 Å². The third kappa shape index (κ3) is 2.39. The second-order valence-corrected chi connectivity index (χ2v) is 4.92. The van der Waals surface area contributed by atoms with Gasteiger partial charge in [-0.3, -0.25) is 4.79 Å². The minimum absolute atomic E-state index is 0.186. The second-order valence-electron chi connectivity index (χ2n) is 4.14. The summed E-state index contributed by atoms with van der Waals surface area (Å²) in [5, 5.41) is 13.3. The predicted octanol–water partition coefficient (Wildman–Crippen LogP) is 2.34. The van der Waals surface area contributed by atoms with Crippen LogP contribution in [0.3, 0.4) is 0 Å². The van der Waals surface area contributed by atoms with Gasteiger partial charge in [-0.2, -0.15) is 11.3 Å². The molecule has 1 N–H and O–H groups in total. The summed E-state index contributed by atoms with van der Waals surface area (Å²) in [5.74, 6) is -0.186. The first-order chi connectivity index (χ1) is 5.93. The Morgan fingerprint density at radius 2 is 2.15 bits per heavy atom. The lowest BCUT2D eigenvalue weighted by Gasteiger charge is -2.23. The lowest BCUT2D eigenvalue weighted by Crippen LogP contribution is -2.33. The topological polar surface area (TPSA) is 37.3 Å². The van der Waals surface area contributed by atoms with E-state index in [2.05, 4.69) is 0 Å². The predicted molar refractivity (Wildman–Crippen MR) is 54.1 cm³/mol. The van der Waals surface area contributed by atoms with Gasteiger partial charge in [-0.1, -0.05) is 20.8 Å². The molecular weight excluding hydrogens is 184 g/mol. The molecule has 0 saturated heterocycles. The molecule has 0 amide bonds. The zero-order valence-corrected chi connectivity index (χ0v) is 8.89. The van der Waals surface area contributed by atoms with Crippen molar-refractivity contribution in [2.75, 3.05) is 0 Å². The molecule has 1 unspecified atom stereocenters. The molecule has 1 heterocycles. The third-order valence-corrected chi connectivity index (χ3v) is 2.56. The van der Waals surface area contributed by atoms with Crippen molar-refractivity contribution < 1.29 is 9.90 Å². The minimum atomic E-state index is -0.915. The number of aliphatic hydroxyl groups excluding tert-OH is 1. The van der Waals surface area contributed by atoms with E-state index in [1.54, 1.807) is 11.4 Å². The largest absolute Gasteiger partial charge is 0.384 e. The number of ketones is 1. The molecule has 3 heteroatoms. The SMILES string of the molecule is CC(C)(C)C(O)C(=O)c1ccsc1. The van der Waals surface area contributed by atoms with Crippen LogP contribution in [-0.4, -0.2) is 17.0 Å². The van der Waals surface area contributed by atoms with E-state index in [0.717, 1.165) is 0 Å². The van der Waals surface area contributed by atoms with Gasteiger partial charge in [0.1, 0.15) is 6.10 Å². The van der Waals surface area contributed by atoms with Crippen LogP contribution in [0.15, 0.2) is 16.8 Å². The van der Waals surface area contributed by atoms with Crippen molar-refractivity contribution in [1.29, 1.82) is 0 Å². The van der Waals surface area contributed by atoms with Gasteiger partial charge in [-0.25, -0.2) is 0 Å². The Labute approximate surface area is 82.2 Å². The molecule has 0 aliphatic rings. The lowest BCUT2D eigenvalue weighted by molar-refractivity contribution is 0.0443. The van der Waals surface area contributed by atoms with Gasteiger partial charge in [-0.05, 0) is 16.9 Å². The average Bonchev–Trinajstić information content (AvgIpc) is 2.51. The Morgan fingerprint density at radius 1 is 1.54 bits per heavy atom. The quantitative estimate of drug-likeness (QED) is 0.740. The molecule has 1 rings (SSSR count). The molecule has 0 aliphatic carbocycles. The van der Waals surface area contributed by atoms with Crippen molar-refractivity contribution in [3.05, 3.63) is 22.4 Å². The standard InChI is InChI=1S/C10H14O2S/c1-10(2,3)9(12)8(11)7-4-5-13-6-7/h4-6,9,12H,1-3H3. The van der Waals surface area contributed by atoms with E-state index in [1.807, 2.05) is 26.2 Å². The molecule has 1 aromatic rings. The molecule has 1 atom stereocenters. The monoisotopic (exact) mass is 198 g/mol. The number of aliphatic hydroxyl groups is 1. The highest BCUT2D eigenvalue weighted by Crippen LogP contribution is 2.23. The van der Waals surface area contributed by atoms with Gasteiger partial charge in [0.15, 0.2) is 5.78 Å². The zero-order valence-electron chi connectivity index (χ0n) is 8.07. The van der Waals surface area contributed by atoms with E-state index in [-0.39, 0.29) is 11.2 Å². The maximum Gasteiger partial charge on any atom is 0.192 e. The van der Waals surface area contributed by atoms with Crippen LogP contribution in [0.4, 0.5) is 0 Å². The van der Waals surface area contributed by atoms with Crippen molar-refractivity contribution in [1.82, 2.24) is 0 Å². The van der Waals surface area contributed by atoms with Crippen LogP contribution >= 0.6 is 11.3 Å². The number of hydrogen-bond donors (Lipinski definition) is 1. The van der Waals surface area contributed by atoms with Gasteiger partial charge in [0.25, 0.3) is 0 Å². The van der Waals surface area contributed by atoms with Crippen LogP contribution in [0, 0.1) is 5.41 Å². The van der Waals surface area contributed by atoms with Gasteiger partial charge in [0.2, 0.25) is 0 Å². The van der Waals surface area contributed by atoms with Gasteiger partial charge >= 0.3 is 0 Å². The minimum Gasteiger partial charge on any atom is -0.384 e. The van der Waals surface area contributed by atoms with Crippen LogP contribution in [0.25, 0.3) is 0 Å². The molecule has 13 heavy (non-hydrogen) atoms. The molecule has 0 spiro atoms. The maximum absolute atomic E-state index is 11.6. The molecule has 0 radical (unpaired) electrons. The van der Waals surface area contributed by atoms with Crippen LogP contribution in [0.2, 0.25) is 0 Å². The smallest absolute Gasteiger partial charge is 0.192 e. The molecule has 0 bridgehead atoms. The molecule has 1 aromatic heterocycles. The van der Waals surface area contributed by atoms with Gasteiger partial charge in [0.05, 0.1) is 0 Å². The summed E-state index contributed by atoms with van der Waals surface area (Å²) in [7, 11) is 0. The fourth-order valence-electron chi connectivity index (χ4n) is 0.956. The Hall–Kier alpha value is -0.670. The highest BCUT2D eigenvalue weighted by atomic mass is 32.1. The highest BCUT2D eigenvalue weighted by Gasteiger charge is 2.29. The number of rotatable bonds is 2. The van der Waals surface area contributed by atoms with E-state index in [1.165, 1.54) is 11.3 Å². The number of thiophene rings is 1. The molecule has 0 fully saturated rings. The van der Waals surface area contributed by atoms with Crippen molar-refractivity contribution >= 4 is 17.1 Å². The van der Waals surface area contributed by atoms with E-state index >= 15 is 0 Å². The van der Waals surface area contributed by atoms with Crippen LogP contribution in [-0.2, 0) is 0 Å².